The number of aliphatic hydroxyl groups excluding tert-OH is 3. The van der Waals surface area contributed by atoms with Crippen LogP contribution in [0.4, 0.5) is 0 Å². The molecule has 0 radical (unpaired) electrons. The average molecular weight is 312 g/mol. The second kappa shape index (κ2) is 6.34. The number of hydrogen-bond donors (Lipinski definition) is 3. The summed E-state index contributed by atoms with van der Waals surface area (Å²) < 4.78 is 5.53. The Labute approximate surface area is 132 Å². The Bertz CT molecular complexity index is 894. The minimum atomic E-state index is -0.263. The lowest BCUT2D eigenvalue weighted by atomic mass is 10.0. The molecule has 0 amide bonds. The van der Waals surface area contributed by atoms with E-state index in [1.54, 1.807) is 36.4 Å². The van der Waals surface area contributed by atoms with Crippen LogP contribution in [-0.2, 0) is 19.8 Å². The van der Waals surface area contributed by atoms with Crippen molar-refractivity contribution >= 4 is 11.0 Å². The third kappa shape index (κ3) is 2.77. The zero-order chi connectivity index (χ0) is 16.4. The molecule has 0 saturated carbocycles. The summed E-state index contributed by atoms with van der Waals surface area (Å²) in [5.41, 5.74) is 3.05. The molecule has 0 spiro atoms. The second-order valence-electron chi connectivity index (χ2n) is 5.27. The molecule has 2 aromatic carbocycles. The van der Waals surface area contributed by atoms with Crippen molar-refractivity contribution in [1.29, 1.82) is 0 Å². The van der Waals surface area contributed by atoms with Gasteiger partial charge in [-0.3, -0.25) is 4.79 Å². The van der Waals surface area contributed by atoms with Gasteiger partial charge in [-0.15, -0.1) is 0 Å². The molecule has 0 saturated heterocycles. The van der Waals surface area contributed by atoms with Crippen LogP contribution in [0.25, 0.3) is 22.1 Å². The van der Waals surface area contributed by atoms with E-state index in [1.807, 2.05) is 0 Å². The highest BCUT2D eigenvalue weighted by Gasteiger charge is 2.12. The lowest BCUT2D eigenvalue weighted by Crippen LogP contribution is -2.07. The highest BCUT2D eigenvalue weighted by atomic mass is 16.3. The van der Waals surface area contributed by atoms with Gasteiger partial charge >= 0.3 is 0 Å². The number of fused-ring (bicyclic) bond motifs is 1. The first kappa shape index (κ1) is 15.4. The van der Waals surface area contributed by atoms with Crippen LogP contribution in [0.3, 0.4) is 0 Å². The van der Waals surface area contributed by atoms with Crippen LogP contribution in [0.15, 0.2) is 51.9 Å². The number of benzene rings is 2. The molecule has 0 aliphatic carbocycles. The topological polar surface area (TPSA) is 90.9 Å². The summed E-state index contributed by atoms with van der Waals surface area (Å²) in [4.78, 5) is 12.7. The third-order valence-corrected chi connectivity index (χ3v) is 3.88. The number of aliphatic hydroxyl groups is 3. The highest BCUT2D eigenvalue weighted by Crippen LogP contribution is 2.23. The molecular formula is C18H16O5. The van der Waals surface area contributed by atoms with Crippen molar-refractivity contribution in [2.24, 2.45) is 0 Å². The summed E-state index contributed by atoms with van der Waals surface area (Å²) >= 11 is 0. The fraction of sp³-hybridized carbons (Fsp3) is 0.167. The van der Waals surface area contributed by atoms with Gasteiger partial charge in [-0.05, 0) is 34.4 Å². The standard InChI is InChI=1S/C18H16O5/c19-7-11-1-3-12(4-2-11)16-10-23-17-6-14(9-21)13(8-20)5-15(17)18(16)22/h1-6,10,19-21H,7-9H2. The summed E-state index contributed by atoms with van der Waals surface area (Å²) in [5, 5.41) is 28.1. The molecule has 23 heavy (non-hydrogen) atoms. The van der Waals surface area contributed by atoms with E-state index in [2.05, 4.69) is 0 Å². The van der Waals surface area contributed by atoms with E-state index >= 15 is 0 Å². The minimum Gasteiger partial charge on any atom is -0.463 e. The molecule has 0 unspecified atom stereocenters. The van der Waals surface area contributed by atoms with Crippen molar-refractivity contribution in [2.45, 2.75) is 19.8 Å². The van der Waals surface area contributed by atoms with Gasteiger partial charge in [0.15, 0.2) is 0 Å². The lowest BCUT2D eigenvalue weighted by molar-refractivity contribution is 0.260. The maximum atomic E-state index is 12.7. The predicted octanol–water partition coefficient (Wildman–Crippen LogP) is 1.94. The monoisotopic (exact) mass is 312 g/mol. The Morgan fingerprint density at radius 3 is 2.13 bits per heavy atom. The largest absolute Gasteiger partial charge is 0.463 e. The Morgan fingerprint density at radius 1 is 0.870 bits per heavy atom. The molecule has 0 aliphatic heterocycles. The lowest BCUT2D eigenvalue weighted by Gasteiger charge is -2.08. The minimum absolute atomic E-state index is 0.0591. The summed E-state index contributed by atoms with van der Waals surface area (Å²) in [5.74, 6) is 0. The van der Waals surface area contributed by atoms with E-state index in [4.69, 9.17) is 9.52 Å². The van der Waals surface area contributed by atoms with Gasteiger partial charge in [0, 0.05) is 0 Å². The van der Waals surface area contributed by atoms with Crippen molar-refractivity contribution in [2.75, 3.05) is 0 Å². The molecule has 3 aromatic rings. The first-order valence-electron chi connectivity index (χ1n) is 7.17. The van der Waals surface area contributed by atoms with Crippen LogP contribution in [-0.4, -0.2) is 15.3 Å². The van der Waals surface area contributed by atoms with Gasteiger partial charge in [-0.1, -0.05) is 24.3 Å². The Balaban J connectivity index is 2.19. The van der Waals surface area contributed by atoms with Crippen LogP contribution in [0, 0.1) is 0 Å². The fourth-order valence-corrected chi connectivity index (χ4v) is 2.55. The van der Waals surface area contributed by atoms with Crippen LogP contribution in [0.2, 0.25) is 0 Å². The van der Waals surface area contributed by atoms with E-state index in [9.17, 15) is 15.0 Å². The molecule has 118 valence electrons. The van der Waals surface area contributed by atoms with Gasteiger partial charge in [-0.25, -0.2) is 0 Å². The molecular weight excluding hydrogens is 296 g/mol. The summed E-state index contributed by atoms with van der Waals surface area (Å²) in [6.07, 6.45) is 1.39. The van der Waals surface area contributed by atoms with Crippen molar-refractivity contribution in [3.8, 4) is 11.1 Å². The summed E-state index contributed by atoms with van der Waals surface area (Å²) in [6, 6.07) is 10.1. The van der Waals surface area contributed by atoms with Crippen LogP contribution >= 0.6 is 0 Å². The number of rotatable bonds is 4. The SMILES string of the molecule is O=c1c(-c2ccc(CO)cc2)coc2cc(CO)c(CO)cc12. The maximum absolute atomic E-state index is 12.7. The zero-order valence-corrected chi connectivity index (χ0v) is 12.3. The summed E-state index contributed by atoms with van der Waals surface area (Å²) in [6.45, 7) is -0.559. The molecule has 5 nitrogen and oxygen atoms in total. The van der Waals surface area contributed by atoms with Gasteiger partial charge in [0.1, 0.15) is 11.8 Å². The van der Waals surface area contributed by atoms with Gasteiger partial charge in [-0.2, -0.15) is 0 Å². The van der Waals surface area contributed by atoms with Crippen molar-refractivity contribution in [3.05, 3.63) is 69.6 Å². The Kier molecular flexibility index (Phi) is 4.25. The fourth-order valence-electron chi connectivity index (χ4n) is 2.55. The molecule has 0 aliphatic rings. The Morgan fingerprint density at radius 2 is 1.52 bits per heavy atom. The third-order valence-electron chi connectivity index (χ3n) is 3.88. The van der Waals surface area contributed by atoms with Gasteiger partial charge < -0.3 is 19.7 Å². The summed E-state index contributed by atoms with van der Waals surface area (Å²) in [7, 11) is 0. The van der Waals surface area contributed by atoms with Crippen LogP contribution in [0.5, 0.6) is 0 Å². The molecule has 1 aromatic heterocycles. The van der Waals surface area contributed by atoms with E-state index in [0.717, 1.165) is 5.56 Å². The maximum Gasteiger partial charge on any atom is 0.200 e. The van der Waals surface area contributed by atoms with Gasteiger partial charge in [0.25, 0.3) is 0 Å². The molecule has 5 heteroatoms. The molecule has 0 atom stereocenters. The molecule has 3 N–H and O–H groups in total. The second-order valence-corrected chi connectivity index (χ2v) is 5.27. The van der Waals surface area contributed by atoms with Gasteiger partial charge in [0.05, 0.1) is 30.8 Å². The van der Waals surface area contributed by atoms with Crippen molar-refractivity contribution in [1.82, 2.24) is 0 Å². The first-order chi connectivity index (χ1) is 11.2. The Hall–Kier alpha value is -2.47. The molecule has 3 rings (SSSR count). The van der Waals surface area contributed by atoms with Crippen molar-refractivity contribution < 1.29 is 19.7 Å². The molecule has 1 heterocycles. The number of hydrogen-bond acceptors (Lipinski definition) is 5. The normalized spacial score (nSPS) is 11.1. The highest BCUT2D eigenvalue weighted by molar-refractivity contribution is 5.83. The van der Waals surface area contributed by atoms with E-state index in [0.29, 0.717) is 33.2 Å². The quantitative estimate of drug-likeness (QED) is 0.685. The van der Waals surface area contributed by atoms with E-state index in [-0.39, 0.29) is 25.2 Å². The van der Waals surface area contributed by atoms with E-state index in [1.165, 1.54) is 6.26 Å². The smallest absolute Gasteiger partial charge is 0.200 e. The van der Waals surface area contributed by atoms with Crippen molar-refractivity contribution in [3.63, 3.8) is 0 Å². The van der Waals surface area contributed by atoms with E-state index < -0.39 is 0 Å². The first-order valence-corrected chi connectivity index (χ1v) is 7.17. The zero-order valence-electron chi connectivity index (χ0n) is 12.3. The average Bonchev–Trinajstić information content (AvgIpc) is 2.61. The van der Waals surface area contributed by atoms with Crippen LogP contribution in [0.1, 0.15) is 16.7 Å². The predicted molar refractivity (Wildman–Crippen MR) is 85.7 cm³/mol. The molecule has 0 fully saturated rings. The molecule has 0 bridgehead atoms. The van der Waals surface area contributed by atoms with Crippen LogP contribution < -0.4 is 5.43 Å². The van der Waals surface area contributed by atoms with Gasteiger partial charge in [0.2, 0.25) is 5.43 Å².